The van der Waals surface area contributed by atoms with E-state index < -0.39 is 77.8 Å². The Morgan fingerprint density at radius 1 is 1.20 bits per heavy atom. The number of aliphatic carboxylic acids is 1. The number of nitrogens with one attached hydrogen (secondary N) is 1. The van der Waals surface area contributed by atoms with Gasteiger partial charge in [0, 0.05) is 58.0 Å². The number of nitrogens with two attached hydrogens (primary N) is 1. The molecule has 3 aliphatic heterocycles. The second-order valence-corrected chi connectivity index (χ2v) is 18.0. The molecule has 3 amide bonds. The third-order valence-electron chi connectivity index (χ3n) is 10.5. The lowest BCUT2D eigenvalue weighted by molar-refractivity contribution is -0.192. The van der Waals surface area contributed by atoms with Crippen LogP contribution in [-0.2, 0) is 44.5 Å². The first-order valence-electron chi connectivity index (χ1n) is 19.0. The zero-order valence-electron chi connectivity index (χ0n) is 35.1. The lowest BCUT2D eigenvalue weighted by atomic mass is 9.83. The number of carbonyl (C=O) groups is 5. The molecule has 4 bridgehead atoms. The van der Waals surface area contributed by atoms with Crippen LogP contribution in [0.4, 0.5) is 23.7 Å². The Morgan fingerprint density at radius 2 is 1.84 bits per heavy atom. The summed E-state index contributed by atoms with van der Waals surface area (Å²) in [5.74, 6) is -3.00. The summed E-state index contributed by atoms with van der Waals surface area (Å²) in [4.78, 5) is 65.4. The zero-order valence-corrected chi connectivity index (χ0v) is 37.5. The maximum Gasteiger partial charge on any atom is 0.490 e. The highest BCUT2D eigenvalue weighted by atomic mass is 35.5. The predicted molar refractivity (Wildman–Crippen MR) is 223 cm³/mol. The third-order valence-corrected chi connectivity index (χ3v) is 13.3. The van der Waals surface area contributed by atoms with E-state index in [4.69, 9.17) is 50.9 Å². The van der Waals surface area contributed by atoms with Crippen LogP contribution in [-0.4, -0.2) is 139 Å². The van der Waals surface area contributed by atoms with Gasteiger partial charge in [0.25, 0.3) is 0 Å². The lowest BCUT2D eigenvalue weighted by Crippen LogP contribution is -2.63. The molecule has 0 radical (unpaired) electrons. The monoisotopic (exact) mass is 926 g/mol. The number of rotatable bonds is 11. The molecule has 61 heavy (non-hydrogen) atoms. The van der Waals surface area contributed by atoms with Crippen LogP contribution in [0.15, 0.2) is 35.9 Å². The normalized spacial score (nSPS) is 28.6. The summed E-state index contributed by atoms with van der Waals surface area (Å²) in [5.41, 5.74) is 4.62. The van der Waals surface area contributed by atoms with Gasteiger partial charge in [0.2, 0.25) is 11.8 Å². The lowest BCUT2D eigenvalue weighted by Gasteiger charge is -2.42. The van der Waals surface area contributed by atoms with Crippen LogP contribution in [0.2, 0.25) is 5.02 Å². The number of carboxylic acid groups (broad SMARTS) is 1. The number of methoxy groups -OCH3 is 2. The molecule has 1 aromatic carbocycles. The van der Waals surface area contributed by atoms with Crippen LogP contribution in [0.1, 0.15) is 52.5 Å². The molecule has 0 saturated carbocycles. The number of epoxide rings is 1. The average Bonchev–Trinajstić information content (AvgIpc) is 3.89. The van der Waals surface area contributed by atoms with E-state index in [0.29, 0.717) is 30.2 Å². The van der Waals surface area contributed by atoms with Gasteiger partial charge in [-0.15, -0.1) is 0 Å². The highest BCUT2D eigenvalue weighted by Crippen LogP contribution is 2.49. The topological polar surface area (TPSA) is 220 Å². The number of aliphatic hydroxyl groups is 1. The number of nitrogens with zero attached hydrogens (tertiary/aromatic N) is 2. The van der Waals surface area contributed by atoms with Crippen LogP contribution < -0.4 is 20.7 Å². The smallest absolute Gasteiger partial charge is 0.490 e. The summed E-state index contributed by atoms with van der Waals surface area (Å²) < 4.78 is 61.0. The number of fused-ring (bicyclic) bond motifs is 5. The van der Waals surface area contributed by atoms with Gasteiger partial charge in [-0.3, -0.25) is 14.9 Å². The zero-order chi connectivity index (χ0) is 46.0. The van der Waals surface area contributed by atoms with Crippen molar-refractivity contribution in [2.75, 3.05) is 51.3 Å². The van der Waals surface area contributed by atoms with Crippen molar-refractivity contribution in [3.05, 3.63) is 46.5 Å². The van der Waals surface area contributed by atoms with Crippen molar-refractivity contribution in [2.24, 2.45) is 11.7 Å². The molecule has 342 valence electrons. The van der Waals surface area contributed by atoms with Gasteiger partial charge in [-0.05, 0) is 44.9 Å². The Labute approximate surface area is 365 Å². The molecule has 0 aromatic heterocycles. The number of esters is 1. The SMILES string of the molecule is COc1cc2cc(c1Cl)N(C)C(=O)C[C@H](OC(=O)[C@H](C)N(C)C(=O)CCSSCCN)C1(C)O[C@H]1[C@H](C)[C@@H]1C[C@@](O)(NC(=O)O1)[C@H](OC)/C=C/C=C(\C)C2.O=C(O)C(F)(F)F. The number of alkyl halides is 3. The summed E-state index contributed by atoms with van der Waals surface area (Å²) >= 11 is 6.76. The molecule has 2 fully saturated rings. The van der Waals surface area contributed by atoms with Crippen LogP contribution in [0.3, 0.4) is 0 Å². The minimum absolute atomic E-state index is 0.0510. The summed E-state index contributed by atoms with van der Waals surface area (Å²) in [7, 11) is 9.15. The van der Waals surface area contributed by atoms with Gasteiger partial charge >= 0.3 is 24.2 Å². The number of carboxylic acids is 1. The van der Waals surface area contributed by atoms with Crippen molar-refractivity contribution in [1.82, 2.24) is 10.2 Å². The van der Waals surface area contributed by atoms with E-state index in [0.717, 1.165) is 16.9 Å². The Kier molecular flexibility index (Phi) is 18.7. The number of halogens is 4. The van der Waals surface area contributed by atoms with Crippen molar-refractivity contribution in [3.8, 4) is 5.75 Å². The van der Waals surface area contributed by atoms with E-state index in [1.165, 1.54) is 41.9 Å². The molecule has 3 aliphatic rings. The number of likely N-dealkylation sites (N-methyl/N-ethyl adjacent to an activating group) is 1. The van der Waals surface area contributed by atoms with Crippen molar-refractivity contribution in [2.45, 2.75) is 101 Å². The van der Waals surface area contributed by atoms with E-state index in [-0.39, 0.29) is 30.2 Å². The first-order chi connectivity index (χ1) is 28.4. The highest BCUT2D eigenvalue weighted by molar-refractivity contribution is 8.76. The molecular formula is C39H54ClF3N4O12S2. The Bertz CT molecular complexity index is 1830. The maximum atomic E-state index is 14.1. The number of hydrogen-bond donors (Lipinski definition) is 4. The Balaban J connectivity index is 0.00000130. The number of amides is 3. The molecule has 0 spiro atoms. The van der Waals surface area contributed by atoms with Crippen molar-refractivity contribution in [1.29, 1.82) is 0 Å². The summed E-state index contributed by atoms with van der Waals surface area (Å²) in [6, 6.07) is 2.61. The molecule has 3 heterocycles. The Hall–Kier alpha value is -3.73. The van der Waals surface area contributed by atoms with E-state index in [9.17, 15) is 37.5 Å². The van der Waals surface area contributed by atoms with Crippen LogP contribution >= 0.6 is 33.2 Å². The van der Waals surface area contributed by atoms with Gasteiger partial charge in [-0.25, -0.2) is 14.4 Å². The molecular weight excluding hydrogens is 873 g/mol. The number of alkyl carbamates (subject to hydrolysis) is 1. The molecule has 0 aliphatic carbocycles. The largest absolute Gasteiger partial charge is 0.495 e. The molecule has 2 saturated heterocycles. The van der Waals surface area contributed by atoms with Crippen LogP contribution in [0, 0.1) is 5.92 Å². The number of ether oxygens (including phenoxy) is 5. The number of hydrogen-bond acceptors (Lipinski definition) is 14. The van der Waals surface area contributed by atoms with E-state index in [1.54, 1.807) is 62.9 Å². The van der Waals surface area contributed by atoms with Gasteiger partial charge in [0.05, 0.1) is 25.3 Å². The minimum Gasteiger partial charge on any atom is -0.495 e. The molecule has 1 unspecified atom stereocenters. The number of benzene rings is 1. The fourth-order valence-corrected chi connectivity index (χ4v) is 8.84. The maximum absolute atomic E-state index is 14.1. The molecule has 5 N–H and O–H groups in total. The molecule has 4 rings (SSSR count). The molecule has 8 atom stereocenters. The van der Waals surface area contributed by atoms with Crippen molar-refractivity contribution < 1.29 is 71.0 Å². The number of anilines is 1. The first-order valence-corrected chi connectivity index (χ1v) is 21.9. The summed E-state index contributed by atoms with van der Waals surface area (Å²) in [6.07, 6.45) is -3.93. The van der Waals surface area contributed by atoms with Gasteiger partial charge in [0.15, 0.2) is 5.72 Å². The quantitative estimate of drug-likeness (QED) is 0.101. The van der Waals surface area contributed by atoms with E-state index >= 15 is 0 Å². The standard InChI is InChI=1S/C37H53ClN4O10S2.C2HF3O2/c1-21-10-9-11-28(49-8)37(47)20-27(50-35(46)40-37)22(2)33-36(4,52-33)29(51-34(45)23(3)41(5)30(43)12-14-53-54-15-13-39)19-31(44)42(6)25-17-24(16-21)18-26(48-7)32(25)38;3-2(4,5)1(6)7/h9-11,17-18,22-23,27-29,33,47H,12-16,19-20,39H2,1-8H3,(H,40,46);(H,6,7)/b11-9+,21-10+;/t22-,23+,27+,28-,29+,33+,36?,37+;/m1./s1. The number of allylic oxidation sites excluding steroid dienone is 3. The third kappa shape index (κ3) is 13.6. The minimum atomic E-state index is -5.08. The van der Waals surface area contributed by atoms with Crippen molar-refractivity contribution in [3.63, 3.8) is 0 Å². The van der Waals surface area contributed by atoms with E-state index in [2.05, 4.69) is 5.32 Å². The fourth-order valence-electron chi connectivity index (χ4n) is 6.69. The highest BCUT2D eigenvalue weighted by Gasteiger charge is 2.64. The average molecular weight is 927 g/mol. The van der Waals surface area contributed by atoms with Crippen molar-refractivity contribution >= 4 is 68.7 Å². The van der Waals surface area contributed by atoms with Gasteiger partial charge in [-0.1, -0.05) is 63.9 Å². The van der Waals surface area contributed by atoms with Gasteiger partial charge in [-0.2, -0.15) is 13.2 Å². The second kappa shape index (κ2) is 22.1. The Morgan fingerprint density at radius 3 is 2.43 bits per heavy atom. The van der Waals surface area contributed by atoms with Gasteiger partial charge < -0.3 is 49.4 Å². The molecule has 16 nitrogen and oxygen atoms in total. The first kappa shape index (κ1) is 51.6. The fraction of sp³-hybridized carbons (Fsp3) is 0.615. The van der Waals surface area contributed by atoms with E-state index in [1.807, 2.05) is 13.0 Å². The molecule has 1 aromatic rings. The number of carbonyl (C=O) groups excluding carboxylic acids is 4. The van der Waals surface area contributed by atoms with Crippen LogP contribution in [0.5, 0.6) is 5.75 Å². The van der Waals surface area contributed by atoms with Crippen LogP contribution in [0.25, 0.3) is 0 Å². The molecule has 22 heteroatoms. The summed E-state index contributed by atoms with van der Waals surface area (Å²) in [5, 5.41) is 21.6. The second-order valence-electron chi connectivity index (χ2n) is 14.9. The van der Waals surface area contributed by atoms with Gasteiger partial charge in [0.1, 0.15) is 40.7 Å². The summed E-state index contributed by atoms with van der Waals surface area (Å²) in [6.45, 7) is 7.55. The predicted octanol–water partition coefficient (Wildman–Crippen LogP) is 4.88.